The number of amides is 1. The van der Waals surface area contributed by atoms with Crippen molar-refractivity contribution < 1.29 is 9.53 Å². The topological polar surface area (TPSA) is 57.2 Å². The molecular weight excluding hydrogens is 292 g/mol. The molecule has 1 N–H and O–H groups in total. The summed E-state index contributed by atoms with van der Waals surface area (Å²) in [6.07, 6.45) is 4.36. The molecule has 3 rings (SSSR count). The van der Waals surface area contributed by atoms with Crippen LogP contribution in [0.5, 0.6) is 0 Å². The summed E-state index contributed by atoms with van der Waals surface area (Å²) in [5.74, 6) is 2.21. The number of fused-ring (bicyclic) bond motifs is 5. The third-order valence-electron chi connectivity index (χ3n) is 5.60. The minimum Gasteiger partial charge on any atom is -0.374 e. The van der Waals surface area contributed by atoms with Gasteiger partial charge >= 0.3 is 0 Å². The highest BCUT2D eigenvalue weighted by atomic mass is 16.5. The molecule has 23 heavy (non-hydrogen) atoms. The first-order chi connectivity index (χ1) is 11.0. The number of likely N-dealkylation sites (N-methyl/N-ethyl adjacent to an activating group) is 1. The lowest BCUT2D eigenvalue weighted by Crippen LogP contribution is -2.45. The second kappa shape index (κ2) is 6.67. The molecule has 0 radical (unpaired) electrons. The molecule has 0 saturated carbocycles. The Balaban J connectivity index is 1.68. The molecule has 6 heteroatoms. The average molecular weight is 322 g/mol. The van der Waals surface area contributed by atoms with Gasteiger partial charge in [-0.15, -0.1) is 0 Å². The smallest absolute Gasteiger partial charge is 0.243 e. The molecule has 130 valence electrons. The van der Waals surface area contributed by atoms with Crippen LogP contribution in [-0.4, -0.2) is 73.6 Å². The van der Waals surface area contributed by atoms with Gasteiger partial charge in [-0.05, 0) is 26.2 Å². The number of hydrogen-bond donors (Lipinski definition) is 1. The van der Waals surface area contributed by atoms with Gasteiger partial charge in [0, 0.05) is 45.1 Å². The Kier molecular flexibility index (Phi) is 4.80. The molecule has 0 aliphatic carbocycles. The first-order valence-electron chi connectivity index (χ1n) is 8.91. The molecule has 3 heterocycles. The van der Waals surface area contributed by atoms with Crippen molar-refractivity contribution in [2.75, 3.05) is 33.7 Å². The van der Waals surface area contributed by atoms with Crippen molar-refractivity contribution in [2.24, 2.45) is 16.8 Å². The van der Waals surface area contributed by atoms with Gasteiger partial charge in [-0.1, -0.05) is 6.92 Å². The van der Waals surface area contributed by atoms with Crippen molar-refractivity contribution in [3.05, 3.63) is 0 Å². The van der Waals surface area contributed by atoms with Crippen molar-refractivity contribution in [3.8, 4) is 0 Å². The van der Waals surface area contributed by atoms with E-state index in [9.17, 15) is 4.79 Å². The van der Waals surface area contributed by atoms with Crippen molar-refractivity contribution in [2.45, 2.75) is 51.4 Å². The maximum atomic E-state index is 11.9. The molecule has 5 atom stereocenters. The van der Waals surface area contributed by atoms with Gasteiger partial charge < -0.3 is 19.9 Å². The highest BCUT2D eigenvalue weighted by Gasteiger charge is 2.53. The van der Waals surface area contributed by atoms with E-state index in [1.54, 1.807) is 19.0 Å². The number of hydrogen-bond acceptors (Lipinski definition) is 3. The average Bonchev–Trinajstić information content (AvgIpc) is 3.22. The third-order valence-corrected chi connectivity index (χ3v) is 5.60. The van der Waals surface area contributed by atoms with Gasteiger partial charge in [-0.3, -0.25) is 4.79 Å². The van der Waals surface area contributed by atoms with Gasteiger partial charge in [0.15, 0.2) is 5.96 Å². The predicted octanol–water partition coefficient (Wildman–Crippen LogP) is 0.928. The second-order valence-corrected chi connectivity index (χ2v) is 7.40. The number of nitrogens with one attached hydrogen (secondary N) is 1. The summed E-state index contributed by atoms with van der Waals surface area (Å²) in [6.45, 7) is 6.54. The number of aliphatic imine (C=N–C) groups is 1. The van der Waals surface area contributed by atoms with Crippen molar-refractivity contribution >= 4 is 11.9 Å². The molecule has 3 aliphatic rings. The molecule has 0 aromatic carbocycles. The van der Waals surface area contributed by atoms with E-state index in [1.807, 2.05) is 0 Å². The van der Waals surface area contributed by atoms with Gasteiger partial charge in [0.25, 0.3) is 0 Å². The number of likely N-dealkylation sites (tertiary alicyclic amines) is 1. The fourth-order valence-electron chi connectivity index (χ4n) is 3.98. The van der Waals surface area contributed by atoms with E-state index in [2.05, 4.69) is 29.1 Å². The van der Waals surface area contributed by atoms with Crippen LogP contribution in [0.2, 0.25) is 0 Å². The molecule has 3 fully saturated rings. The Hall–Kier alpha value is -1.30. The Morgan fingerprint density at radius 1 is 1.30 bits per heavy atom. The van der Waals surface area contributed by atoms with Crippen LogP contribution < -0.4 is 5.32 Å². The first-order valence-corrected chi connectivity index (χ1v) is 8.91. The lowest BCUT2D eigenvalue weighted by molar-refractivity contribution is -0.127. The number of ether oxygens (including phenoxy) is 1. The van der Waals surface area contributed by atoms with E-state index in [4.69, 9.17) is 4.74 Å². The predicted molar refractivity (Wildman–Crippen MR) is 90.3 cm³/mol. The van der Waals surface area contributed by atoms with E-state index < -0.39 is 0 Å². The lowest BCUT2D eigenvalue weighted by Gasteiger charge is -2.26. The van der Waals surface area contributed by atoms with Gasteiger partial charge in [0.2, 0.25) is 5.91 Å². The van der Waals surface area contributed by atoms with E-state index >= 15 is 0 Å². The van der Waals surface area contributed by atoms with Gasteiger partial charge in [-0.25, -0.2) is 4.99 Å². The van der Waals surface area contributed by atoms with Crippen molar-refractivity contribution in [1.82, 2.24) is 15.1 Å². The van der Waals surface area contributed by atoms with E-state index in [-0.39, 0.29) is 12.5 Å². The maximum Gasteiger partial charge on any atom is 0.243 e. The number of rotatable bonds is 4. The Morgan fingerprint density at radius 3 is 2.43 bits per heavy atom. The van der Waals surface area contributed by atoms with Crippen LogP contribution in [0.4, 0.5) is 0 Å². The number of carbonyl (C=O) groups excluding carboxylic acids is 1. The normalized spacial score (nSPS) is 33.7. The molecule has 6 nitrogen and oxygen atoms in total. The molecule has 3 saturated heterocycles. The van der Waals surface area contributed by atoms with Crippen LogP contribution in [0, 0.1) is 11.8 Å². The van der Waals surface area contributed by atoms with E-state index in [0.717, 1.165) is 25.5 Å². The van der Waals surface area contributed by atoms with Gasteiger partial charge in [0.05, 0.1) is 12.2 Å². The zero-order valence-electron chi connectivity index (χ0n) is 14.8. The quantitative estimate of drug-likeness (QED) is 0.618. The summed E-state index contributed by atoms with van der Waals surface area (Å²) >= 11 is 0. The number of nitrogens with zero attached hydrogens (tertiary/aromatic N) is 3. The molecule has 0 spiro atoms. The standard InChI is InChI=1S/C17H30N4O2/c1-5-11(2)19-17(18-8-16(22)20(3)4)21-9-12-13(10-21)15-7-6-14(12)23-15/h11-15H,5-10H2,1-4H3,(H,18,19). The van der Waals surface area contributed by atoms with Crippen LogP contribution in [0.25, 0.3) is 0 Å². The van der Waals surface area contributed by atoms with Crippen LogP contribution >= 0.6 is 0 Å². The SMILES string of the molecule is CCC(C)NC(=NCC(=O)N(C)C)N1CC2C3CCC(O3)C2C1. The molecule has 1 amide bonds. The summed E-state index contributed by atoms with van der Waals surface area (Å²) in [6, 6.07) is 0.358. The fraction of sp³-hybridized carbons (Fsp3) is 0.882. The second-order valence-electron chi connectivity index (χ2n) is 7.40. The zero-order chi connectivity index (χ0) is 16.6. The summed E-state index contributed by atoms with van der Waals surface area (Å²) in [5.41, 5.74) is 0. The molecule has 2 bridgehead atoms. The zero-order valence-corrected chi connectivity index (χ0v) is 14.8. The van der Waals surface area contributed by atoms with Gasteiger partial charge in [-0.2, -0.15) is 0 Å². The van der Waals surface area contributed by atoms with E-state index in [1.165, 1.54) is 12.8 Å². The van der Waals surface area contributed by atoms with E-state index in [0.29, 0.717) is 30.1 Å². The molecule has 0 aromatic rings. The summed E-state index contributed by atoms with van der Waals surface area (Å²) in [7, 11) is 3.55. The lowest BCUT2D eigenvalue weighted by atomic mass is 9.82. The minimum absolute atomic E-state index is 0.0382. The van der Waals surface area contributed by atoms with Crippen LogP contribution in [0.3, 0.4) is 0 Å². The Morgan fingerprint density at radius 2 is 1.91 bits per heavy atom. The highest BCUT2D eigenvalue weighted by molar-refractivity contribution is 5.85. The van der Waals surface area contributed by atoms with Crippen LogP contribution in [0.15, 0.2) is 4.99 Å². The molecular formula is C17H30N4O2. The number of carbonyl (C=O) groups is 1. The largest absolute Gasteiger partial charge is 0.374 e. The molecule has 3 aliphatic heterocycles. The highest BCUT2D eigenvalue weighted by Crippen LogP contribution is 2.47. The number of guanidine groups is 1. The first kappa shape index (κ1) is 16.6. The summed E-state index contributed by atoms with van der Waals surface area (Å²) in [4.78, 5) is 20.4. The van der Waals surface area contributed by atoms with Gasteiger partial charge in [0.1, 0.15) is 6.54 Å². The minimum atomic E-state index is 0.0382. The summed E-state index contributed by atoms with van der Waals surface area (Å²) < 4.78 is 6.05. The Labute approximate surface area is 139 Å². The monoisotopic (exact) mass is 322 g/mol. The Bertz CT molecular complexity index is 461. The summed E-state index contributed by atoms with van der Waals surface area (Å²) in [5, 5.41) is 3.51. The maximum absolute atomic E-state index is 11.9. The molecule has 5 unspecified atom stereocenters. The fourth-order valence-corrected chi connectivity index (χ4v) is 3.98. The van der Waals surface area contributed by atoms with Crippen molar-refractivity contribution in [3.63, 3.8) is 0 Å². The molecule has 0 aromatic heterocycles. The van der Waals surface area contributed by atoms with Crippen LogP contribution in [-0.2, 0) is 9.53 Å². The third kappa shape index (κ3) is 3.32. The van der Waals surface area contributed by atoms with Crippen LogP contribution in [0.1, 0.15) is 33.1 Å². The van der Waals surface area contributed by atoms with Crippen molar-refractivity contribution in [1.29, 1.82) is 0 Å².